The van der Waals surface area contributed by atoms with E-state index >= 15 is 0 Å². The van der Waals surface area contributed by atoms with Gasteiger partial charge >= 0.3 is 0 Å². The van der Waals surface area contributed by atoms with Crippen LogP contribution in [0.2, 0.25) is 0 Å². The molecular weight excluding hydrogens is 304 g/mol. The maximum absolute atomic E-state index is 12.3. The van der Waals surface area contributed by atoms with Crippen LogP contribution < -0.4 is 4.90 Å². The van der Waals surface area contributed by atoms with Crippen LogP contribution in [0.1, 0.15) is 23.8 Å². The second kappa shape index (κ2) is 5.88. The van der Waals surface area contributed by atoms with E-state index in [9.17, 15) is 4.79 Å². The molecule has 0 unspecified atom stereocenters. The first-order valence-corrected chi connectivity index (χ1v) is 7.82. The second-order valence-corrected chi connectivity index (χ2v) is 5.94. The number of nitrogens with zero attached hydrogens (tertiary/aromatic N) is 4. The van der Waals surface area contributed by atoms with Crippen molar-refractivity contribution in [3.63, 3.8) is 0 Å². The molecule has 6 nitrogen and oxygen atoms in total. The maximum Gasteiger partial charge on any atom is 0.232 e. The second-order valence-electron chi connectivity index (χ2n) is 5.94. The highest BCUT2D eigenvalue weighted by molar-refractivity contribution is 5.96. The summed E-state index contributed by atoms with van der Waals surface area (Å²) in [5.74, 6) is 0.984. The Labute approximate surface area is 139 Å². The van der Waals surface area contributed by atoms with Crippen molar-refractivity contribution in [2.45, 2.75) is 19.3 Å². The van der Waals surface area contributed by atoms with Gasteiger partial charge in [-0.25, -0.2) is 0 Å². The normalized spacial score (nSPS) is 17.5. The van der Waals surface area contributed by atoms with Crippen LogP contribution in [0, 0.1) is 6.92 Å². The molecule has 1 aliphatic heterocycles. The van der Waals surface area contributed by atoms with Crippen LogP contribution in [0.25, 0.3) is 11.4 Å². The van der Waals surface area contributed by atoms with Crippen molar-refractivity contribution >= 4 is 11.6 Å². The lowest BCUT2D eigenvalue weighted by Crippen LogP contribution is -2.24. The molecule has 1 aromatic carbocycles. The van der Waals surface area contributed by atoms with Crippen LogP contribution in [-0.4, -0.2) is 27.6 Å². The van der Waals surface area contributed by atoms with Crippen molar-refractivity contribution in [1.82, 2.24) is 15.1 Å². The summed E-state index contributed by atoms with van der Waals surface area (Å²) in [4.78, 5) is 22.6. The number of aromatic nitrogens is 3. The lowest BCUT2D eigenvalue weighted by atomic mass is 10.1. The van der Waals surface area contributed by atoms with E-state index in [1.54, 1.807) is 17.3 Å². The average molecular weight is 320 g/mol. The molecule has 1 atom stereocenters. The van der Waals surface area contributed by atoms with E-state index in [4.69, 9.17) is 4.52 Å². The Kier molecular flexibility index (Phi) is 3.57. The number of carbonyl (C=O) groups excluding carboxylic acids is 1. The highest BCUT2D eigenvalue weighted by atomic mass is 16.5. The Hall–Kier alpha value is -3.02. The fraction of sp³-hybridized carbons (Fsp3) is 0.222. The van der Waals surface area contributed by atoms with Crippen molar-refractivity contribution in [1.29, 1.82) is 0 Å². The van der Waals surface area contributed by atoms with E-state index in [0.717, 1.165) is 11.3 Å². The molecule has 3 aromatic rings. The molecule has 4 rings (SSSR count). The maximum atomic E-state index is 12.3. The summed E-state index contributed by atoms with van der Waals surface area (Å²) in [7, 11) is 0. The number of benzene rings is 1. The smallest absolute Gasteiger partial charge is 0.232 e. The van der Waals surface area contributed by atoms with E-state index < -0.39 is 0 Å². The molecule has 2 aromatic heterocycles. The van der Waals surface area contributed by atoms with Gasteiger partial charge in [-0.05, 0) is 31.2 Å². The average Bonchev–Trinajstić information content (AvgIpc) is 3.23. The number of amides is 1. The topological polar surface area (TPSA) is 72.1 Å². The fourth-order valence-corrected chi connectivity index (χ4v) is 2.86. The van der Waals surface area contributed by atoms with Crippen LogP contribution in [0.4, 0.5) is 5.69 Å². The van der Waals surface area contributed by atoms with Gasteiger partial charge in [0, 0.05) is 36.6 Å². The van der Waals surface area contributed by atoms with E-state index in [-0.39, 0.29) is 11.8 Å². The number of hydrogen-bond acceptors (Lipinski definition) is 5. The van der Waals surface area contributed by atoms with Crippen LogP contribution in [0.5, 0.6) is 0 Å². The molecule has 0 radical (unpaired) electrons. The van der Waals surface area contributed by atoms with E-state index in [1.165, 1.54) is 5.56 Å². The van der Waals surface area contributed by atoms with Crippen molar-refractivity contribution in [3.05, 3.63) is 60.2 Å². The van der Waals surface area contributed by atoms with Gasteiger partial charge in [0.2, 0.25) is 17.6 Å². The molecule has 1 aliphatic rings. The third-order valence-corrected chi connectivity index (χ3v) is 4.18. The number of rotatable bonds is 3. The zero-order valence-corrected chi connectivity index (χ0v) is 13.2. The monoisotopic (exact) mass is 320 g/mol. The minimum atomic E-state index is -0.0864. The molecule has 0 aliphatic carbocycles. The Bertz CT molecular complexity index is 858. The fourth-order valence-electron chi connectivity index (χ4n) is 2.86. The zero-order chi connectivity index (χ0) is 16.5. The molecule has 1 amide bonds. The minimum Gasteiger partial charge on any atom is -0.339 e. The Morgan fingerprint density at radius 3 is 2.79 bits per heavy atom. The number of anilines is 1. The lowest BCUT2D eigenvalue weighted by Gasteiger charge is -2.16. The summed E-state index contributed by atoms with van der Waals surface area (Å²) in [5.41, 5.74) is 2.87. The SMILES string of the molecule is Cc1ccc(N2C[C@@H](c3nc(-c4cccnc4)no3)CC2=O)cc1. The van der Waals surface area contributed by atoms with Crippen LogP contribution in [-0.2, 0) is 4.79 Å². The summed E-state index contributed by atoms with van der Waals surface area (Å²) in [6.45, 7) is 2.58. The van der Waals surface area contributed by atoms with Gasteiger partial charge in [-0.1, -0.05) is 22.9 Å². The van der Waals surface area contributed by atoms with Gasteiger partial charge in [0.1, 0.15) is 0 Å². The van der Waals surface area contributed by atoms with Gasteiger partial charge in [-0.15, -0.1) is 0 Å². The summed E-state index contributed by atoms with van der Waals surface area (Å²) in [5, 5.41) is 4.01. The predicted molar refractivity (Wildman–Crippen MR) is 88.4 cm³/mol. The molecule has 0 bridgehead atoms. The number of aryl methyl sites for hydroxylation is 1. The van der Waals surface area contributed by atoms with Gasteiger partial charge in [0.05, 0.1) is 5.92 Å². The van der Waals surface area contributed by atoms with Gasteiger partial charge in [0.15, 0.2) is 0 Å². The molecule has 120 valence electrons. The molecule has 1 fully saturated rings. The molecule has 6 heteroatoms. The molecule has 1 saturated heterocycles. The van der Waals surface area contributed by atoms with Gasteiger partial charge in [0.25, 0.3) is 0 Å². The molecule has 24 heavy (non-hydrogen) atoms. The Morgan fingerprint density at radius 1 is 1.21 bits per heavy atom. The van der Waals surface area contributed by atoms with Gasteiger partial charge in [-0.3, -0.25) is 9.78 Å². The summed E-state index contributed by atoms with van der Waals surface area (Å²) in [6.07, 6.45) is 3.76. The zero-order valence-electron chi connectivity index (χ0n) is 13.2. The van der Waals surface area contributed by atoms with Crippen LogP contribution in [0.3, 0.4) is 0 Å². The first kappa shape index (κ1) is 14.6. The van der Waals surface area contributed by atoms with Crippen molar-refractivity contribution < 1.29 is 9.32 Å². The quantitative estimate of drug-likeness (QED) is 0.742. The standard InChI is InChI=1S/C18H16N4O2/c1-12-4-6-15(7-5-12)22-11-14(9-16(22)23)18-20-17(21-24-18)13-3-2-8-19-10-13/h2-8,10,14H,9,11H2,1H3/t14-/m0/s1. The Morgan fingerprint density at radius 2 is 2.04 bits per heavy atom. The highest BCUT2D eigenvalue weighted by Gasteiger charge is 2.35. The summed E-state index contributed by atoms with van der Waals surface area (Å²) in [6, 6.07) is 11.6. The number of hydrogen-bond donors (Lipinski definition) is 0. The predicted octanol–water partition coefficient (Wildman–Crippen LogP) is 2.96. The molecule has 0 saturated carbocycles. The molecular formula is C18H16N4O2. The van der Waals surface area contributed by atoms with Crippen molar-refractivity contribution in [3.8, 4) is 11.4 Å². The number of pyridine rings is 1. The van der Waals surface area contributed by atoms with Crippen molar-refractivity contribution in [2.75, 3.05) is 11.4 Å². The van der Waals surface area contributed by atoms with E-state index in [1.807, 2.05) is 43.3 Å². The molecule has 0 N–H and O–H groups in total. The van der Waals surface area contributed by atoms with Crippen LogP contribution in [0.15, 0.2) is 53.3 Å². The summed E-state index contributed by atoms with van der Waals surface area (Å²) < 4.78 is 5.39. The number of carbonyl (C=O) groups is 1. The van der Waals surface area contributed by atoms with Gasteiger partial charge in [-0.2, -0.15) is 4.98 Å². The molecule has 3 heterocycles. The third-order valence-electron chi connectivity index (χ3n) is 4.18. The highest BCUT2D eigenvalue weighted by Crippen LogP contribution is 2.31. The molecule has 0 spiro atoms. The first-order chi connectivity index (χ1) is 11.7. The third kappa shape index (κ3) is 2.67. The van der Waals surface area contributed by atoms with Gasteiger partial charge < -0.3 is 9.42 Å². The van der Waals surface area contributed by atoms with E-state index in [0.29, 0.717) is 24.7 Å². The largest absolute Gasteiger partial charge is 0.339 e. The van der Waals surface area contributed by atoms with Crippen molar-refractivity contribution in [2.24, 2.45) is 0 Å². The Balaban J connectivity index is 1.55. The van der Waals surface area contributed by atoms with E-state index in [2.05, 4.69) is 15.1 Å². The summed E-state index contributed by atoms with van der Waals surface area (Å²) >= 11 is 0. The minimum absolute atomic E-state index is 0.0741. The van der Waals surface area contributed by atoms with Crippen LogP contribution >= 0.6 is 0 Å². The first-order valence-electron chi connectivity index (χ1n) is 7.82. The lowest BCUT2D eigenvalue weighted by molar-refractivity contribution is -0.117.